The zero-order chi connectivity index (χ0) is 23.3. The van der Waals surface area contributed by atoms with Gasteiger partial charge in [-0.2, -0.15) is 0 Å². The monoisotopic (exact) mass is 454 g/mol. The number of piperazine rings is 1. The molecule has 1 fully saturated rings. The van der Waals surface area contributed by atoms with Crippen LogP contribution in [0, 0.1) is 12.8 Å². The van der Waals surface area contributed by atoms with E-state index in [2.05, 4.69) is 15.5 Å². The van der Waals surface area contributed by atoms with E-state index in [0.29, 0.717) is 24.4 Å². The van der Waals surface area contributed by atoms with Crippen molar-refractivity contribution >= 4 is 40.5 Å². The molecule has 32 heavy (non-hydrogen) atoms. The van der Waals surface area contributed by atoms with E-state index in [1.54, 1.807) is 13.2 Å². The van der Waals surface area contributed by atoms with Gasteiger partial charge in [-0.25, -0.2) is 0 Å². The molecule has 7 nitrogen and oxygen atoms in total. The Morgan fingerprint density at radius 1 is 1.03 bits per heavy atom. The lowest BCUT2D eigenvalue weighted by molar-refractivity contribution is -0.134. The summed E-state index contributed by atoms with van der Waals surface area (Å²) in [6.45, 7) is 8.56. The normalized spacial score (nSPS) is 13.7. The second-order valence-electron chi connectivity index (χ2n) is 8.05. The lowest BCUT2D eigenvalue weighted by atomic mass is 10.1. The summed E-state index contributed by atoms with van der Waals surface area (Å²) in [7, 11) is 1.54. The number of benzene rings is 2. The molecule has 2 N–H and O–H groups in total. The Balaban J connectivity index is 1.67. The van der Waals surface area contributed by atoms with Gasteiger partial charge in [0.25, 0.3) is 5.91 Å². The highest BCUT2D eigenvalue weighted by atomic mass is 32.1. The van der Waals surface area contributed by atoms with Gasteiger partial charge in [-0.05, 0) is 42.9 Å². The number of para-hydroxylation sites is 3. The largest absolute Gasteiger partial charge is 0.496 e. The third kappa shape index (κ3) is 5.37. The van der Waals surface area contributed by atoms with Crippen molar-refractivity contribution in [2.24, 2.45) is 5.92 Å². The number of anilines is 2. The molecular weight excluding hydrogens is 424 g/mol. The fourth-order valence-corrected chi connectivity index (χ4v) is 4.02. The Bertz CT molecular complexity index is 1000. The van der Waals surface area contributed by atoms with Gasteiger partial charge in [-0.3, -0.25) is 14.9 Å². The molecule has 0 bridgehead atoms. The zero-order valence-electron chi connectivity index (χ0n) is 19.0. The Morgan fingerprint density at radius 3 is 2.38 bits per heavy atom. The molecule has 2 amide bonds. The van der Waals surface area contributed by atoms with Gasteiger partial charge in [-0.1, -0.05) is 38.1 Å². The maximum absolute atomic E-state index is 12.8. The SMILES string of the molecule is COc1c(C)cccc1C(=O)NC(=S)Nc1ccccc1N1CCN(C(=O)C(C)C)CC1. The maximum atomic E-state index is 12.8. The first-order chi connectivity index (χ1) is 15.3. The first kappa shape index (κ1) is 23.5. The molecule has 170 valence electrons. The van der Waals surface area contributed by atoms with Gasteiger partial charge in [0.15, 0.2) is 5.11 Å². The van der Waals surface area contributed by atoms with Crippen LogP contribution < -0.4 is 20.3 Å². The van der Waals surface area contributed by atoms with E-state index in [1.165, 1.54) is 0 Å². The Morgan fingerprint density at radius 2 is 1.72 bits per heavy atom. The molecule has 1 aliphatic rings. The van der Waals surface area contributed by atoms with Crippen molar-refractivity contribution in [2.45, 2.75) is 20.8 Å². The molecule has 3 rings (SSSR count). The van der Waals surface area contributed by atoms with Gasteiger partial charge < -0.3 is 19.9 Å². The molecule has 0 atom stereocenters. The predicted octanol–water partition coefficient (Wildman–Crippen LogP) is 3.44. The van der Waals surface area contributed by atoms with E-state index < -0.39 is 0 Å². The Hall–Kier alpha value is -3.13. The van der Waals surface area contributed by atoms with E-state index in [0.717, 1.165) is 30.0 Å². The highest BCUT2D eigenvalue weighted by Gasteiger charge is 2.24. The molecule has 0 unspecified atom stereocenters. The second kappa shape index (κ2) is 10.5. The number of amides is 2. The quantitative estimate of drug-likeness (QED) is 0.675. The van der Waals surface area contributed by atoms with Crippen LogP contribution in [-0.4, -0.2) is 55.1 Å². The molecule has 1 heterocycles. The fraction of sp³-hybridized carbons (Fsp3) is 0.375. The van der Waals surface area contributed by atoms with Crippen LogP contribution in [0.15, 0.2) is 42.5 Å². The van der Waals surface area contributed by atoms with E-state index in [1.807, 2.05) is 62.1 Å². The molecule has 0 saturated carbocycles. The molecule has 0 aliphatic carbocycles. The number of nitrogens with zero attached hydrogens (tertiary/aromatic N) is 2. The minimum Gasteiger partial charge on any atom is -0.496 e. The lowest BCUT2D eigenvalue weighted by Gasteiger charge is -2.37. The Labute approximate surface area is 194 Å². The third-order valence-corrected chi connectivity index (χ3v) is 5.67. The highest BCUT2D eigenvalue weighted by molar-refractivity contribution is 7.80. The number of carbonyl (C=O) groups excluding carboxylic acids is 2. The number of hydrogen-bond acceptors (Lipinski definition) is 5. The fourth-order valence-electron chi connectivity index (χ4n) is 3.81. The molecule has 0 spiro atoms. The van der Waals surface area contributed by atoms with Crippen LogP contribution in [0.3, 0.4) is 0 Å². The average Bonchev–Trinajstić information content (AvgIpc) is 2.78. The highest BCUT2D eigenvalue weighted by Crippen LogP contribution is 2.27. The molecule has 0 aromatic heterocycles. The van der Waals surface area contributed by atoms with Crippen molar-refractivity contribution in [3.05, 3.63) is 53.6 Å². The summed E-state index contributed by atoms with van der Waals surface area (Å²) in [5.41, 5.74) is 3.09. The van der Waals surface area contributed by atoms with Gasteiger partial charge in [0.2, 0.25) is 5.91 Å². The van der Waals surface area contributed by atoms with Crippen LogP contribution in [0.1, 0.15) is 29.8 Å². The summed E-state index contributed by atoms with van der Waals surface area (Å²) in [6.07, 6.45) is 0. The summed E-state index contributed by atoms with van der Waals surface area (Å²) < 4.78 is 5.38. The minimum atomic E-state index is -0.332. The first-order valence-corrected chi connectivity index (χ1v) is 11.1. The summed E-state index contributed by atoms with van der Waals surface area (Å²) in [4.78, 5) is 29.2. The van der Waals surface area contributed by atoms with Crippen molar-refractivity contribution in [2.75, 3.05) is 43.5 Å². The molecular formula is C24H30N4O3S. The average molecular weight is 455 g/mol. The summed E-state index contributed by atoms with van der Waals surface area (Å²) >= 11 is 5.41. The summed E-state index contributed by atoms with van der Waals surface area (Å²) in [6, 6.07) is 13.2. The second-order valence-corrected chi connectivity index (χ2v) is 8.46. The van der Waals surface area contributed by atoms with Gasteiger partial charge in [-0.15, -0.1) is 0 Å². The van der Waals surface area contributed by atoms with Crippen molar-refractivity contribution in [3.63, 3.8) is 0 Å². The van der Waals surface area contributed by atoms with E-state index in [-0.39, 0.29) is 22.8 Å². The van der Waals surface area contributed by atoms with E-state index >= 15 is 0 Å². The minimum absolute atomic E-state index is 0.00325. The van der Waals surface area contributed by atoms with Crippen molar-refractivity contribution in [1.82, 2.24) is 10.2 Å². The summed E-state index contributed by atoms with van der Waals surface area (Å²) in [5.74, 6) is 0.387. The maximum Gasteiger partial charge on any atom is 0.261 e. The molecule has 2 aromatic carbocycles. The molecule has 8 heteroatoms. The van der Waals surface area contributed by atoms with E-state index in [9.17, 15) is 9.59 Å². The van der Waals surface area contributed by atoms with Gasteiger partial charge in [0.1, 0.15) is 5.75 Å². The number of nitrogens with one attached hydrogen (secondary N) is 2. The lowest BCUT2D eigenvalue weighted by Crippen LogP contribution is -2.50. The van der Waals surface area contributed by atoms with Crippen LogP contribution in [0.2, 0.25) is 0 Å². The van der Waals surface area contributed by atoms with Crippen molar-refractivity contribution in [1.29, 1.82) is 0 Å². The van der Waals surface area contributed by atoms with Crippen LogP contribution >= 0.6 is 12.2 Å². The van der Waals surface area contributed by atoms with Crippen molar-refractivity contribution < 1.29 is 14.3 Å². The van der Waals surface area contributed by atoms with Crippen molar-refractivity contribution in [3.8, 4) is 5.75 Å². The number of carbonyl (C=O) groups is 2. The zero-order valence-corrected chi connectivity index (χ0v) is 19.8. The topological polar surface area (TPSA) is 73.9 Å². The number of thiocarbonyl (C=S) groups is 1. The summed E-state index contributed by atoms with van der Waals surface area (Å²) in [5, 5.41) is 6.10. The van der Waals surface area contributed by atoms with Crippen LogP contribution in [0.5, 0.6) is 5.75 Å². The molecule has 1 saturated heterocycles. The molecule has 0 radical (unpaired) electrons. The molecule has 2 aromatic rings. The molecule has 1 aliphatic heterocycles. The van der Waals surface area contributed by atoms with Gasteiger partial charge in [0.05, 0.1) is 24.0 Å². The van der Waals surface area contributed by atoms with Gasteiger partial charge >= 0.3 is 0 Å². The standard InChI is InChI=1S/C24H30N4O3S/c1-16(2)23(30)28-14-12-27(13-15-28)20-11-6-5-10-19(20)25-24(32)26-22(29)18-9-7-8-17(3)21(18)31-4/h5-11,16H,12-15H2,1-4H3,(H2,25,26,29,32). The van der Waals surface area contributed by atoms with Crippen LogP contribution in [0.25, 0.3) is 0 Å². The predicted molar refractivity (Wildman–Crippen MR) is 131 cm³/mol. The van der Waals surface area contributed by atoms with E-state index in [4.69, 9.17) is 17.0 Å². The third-order valence-electron chi connectivity index (χ3n) is 5.47. The van der Waals surface area contributed by atoms with Crippen LogP contribution in [0.4, 0.5) is 11.4 Å². The van der Waals surface area contributed by atoms with Crippen LogP contribution in [-0.2, 0) is 4.79 Å². The number of methoxy groups -OCH3 is 1. The number of aryl methyl sites for hydroxylation is 1. The first-order valence-electron chi connectivity index (χ1n) is 10.7. The number of rotatable bonds is 5. The number of ether oxygens (including phenoxy) is 1. The Kier molecular flexibility index (Phi) is 7.69. The van der Waals surface area contributed by atoms with Gasteiger partial charge in [0, 0.05) is 32.1 Å². The number of hydrogen-bond donors (Lipinski definition) is 2. The smallest absolute Gasteiger partial charge is 0.261 e.